The molecule has 0 atom stereocenters. The normalized spacial score (nSPS) is 14.1. The van der Waals surface area contributed by atoms with Gasteiger partial charge in [-0.1, -0.05) is 6.07 Å². The number of nitrogens with zero attached hydrogens (tertiary/aromatic N) is 6. The van der Waals surface area contributed by atoms with Crippen LogP contribution in [0, 0.1) is 13.8 Å². The Morgan fingerprint density at radius 1 is 1.00 bits per heavy atom. The van der Waals surface area contributed by atoms with Crippen LogP contribution in [0.25, 0.3) is 28.1 Å². The number of hydrogen-bond donors (Lipinski definition) is 1. The van der Waals surface area contributed by atoms with Crippen LogP contribution in [-0.4, -0.2) is 57.9 Å². The van der Waals surface area contributed by atoms with E-state index in [0.29, 0.717) is 13.2 Å². The van der Waals surface area contributed by atoms with E-state index >= 15 is 0 Å². The van der Waals surface area contributed by atoms with Crippen molar-refractivity contribution in [1.82, 2.24) is 24.6 Å². The number of aryl methyl sites for hydroxylation is 2. The molecule has 1 aliphatic heterocycles. The fourth-order valence-corrected chi connectivity index (χ4v) is 4.09. The van der Waals surface area contributed by atoms with Gasteiger partial charge in [-0.3, -0.25) is 0 Å². The molecular weight excluding hydrogens is 390 g/mol. The number of anilines is 2. The van der Waals surface area contributed by atoms with Crippen molar-refractivity contribution >= 4 is 28.3 Å². The maximum atomic E-state index is 5.21. The predicted octanol–water partition coefficient (Wildman–Crippen LogP) is 3.61. The molecule has 8 heteroatoms. The average molecular weight is 418 g/mol. The van der Waals surface area contributed by atoms with Gasteiger partial charge in [-0.25, -0.2) is 15.0 Å². The average Bonchev–Trinajstić information content (AvgIpc) is 3.43. The van der Waals surface area contributed by atoms with E-state index < -0.39 is 0 Å². The van der Waals surface area contributed by atoms with E-state index in [0.717, 1.165) is 64.1 Å². The highest BCUT2D eigenvalue weighted by atomic mass is 16.5. The highest BCUT2D eigenvalue weighted by molar-refractivity contribution is 5.79. The van der Waals surface area contributed by atoms with Gasteiger partial charge in [-0.2, -0.15) is 9.61 Å². The van der Waals surface area contributed by atoms with Gasteiger partial charge in [-0.15, -0.1) is 0 Å². The first-order valence-electron chi connectivity index (χ1n) is 10.8. The first-order valence-corrected chi connectivity index (χ1v) is 10.8. The van der Waals surface area contributed by atoms with Crippen molar-refractivity contribution in [3.63, 3.8) is 0 Å². The fourth-order valence-electron chi connectivity index (χ4n) is 4.09. The summed E-state index contributed by atoms with van der Waals surface area (Å²) in [6, 6.07) is 10.2. The molecule has 3 aromatic heterocycles. The third-order valence-electron chi connectivity index (χ3n) is 5.69. The second-order valence-electron chi connectivity index (χ2n) is 8.06. The van der Waals surface area contributed by atoms with Gasteiger partial charge in [0.05, 0.1) is 23.3 Å². The van der Waals surface area contributed by atoms with Crippen molar-refractivity contribution in [2.75, 3.05) is 43.6 Å². The fraction of sp³-hybridized carbons (Fsp3) is 0.391. The first-order chi connectivity index (χ1) is 15.1. The molecule has 4 heterocycles. The molecular formula is C23H27N7O. The van der Waals surface area contributed by atoms with Gasteiger partial charge in [-0.05, 0) is 44.4 Å². The first kappa shape index (κ1) is 19.7. The topological polar surface area (TPSA) is 80.5 Å². The summed E-state index contributed by atoms with van der Waals surface area (Å²) in [5.41, 5.74) is 6.14. The molecule has 0 amide bonds. The Hall–Kier alpha value is -3.26. The van der Waals surface area contributed by atoms with E-state index in [2.05, 4.69) is 35.3 Å². The summed E-state index contributed by atoms with van der Waals surface area (Å²) in [6.45, 7) is 7.43. The molecule has 0 aliphatic carbocycles. The van der Waals surface area contributed by atoms with E-state index in [9.17, 15) is 0 Å². The summed E-state index contributed by atoms with van der Waals surface area (Å²) in [5, 5.41) is 8.29. The molecule has 31 heavy (non-hydrogen) atoms. The van der Waals surface area contributed by atoms with Crippen LogP contribution in [0.4, 0.5) is 11.6 Å². The van der Waals surface area contributed by atoms with Gasteiger partial charge >= 0.3 is 0 Å². The number of methoxy groups -OCH3 is 1. The van der Waals surface area contributed by atoms with Crippen molar-refractivity contribution in [2.45, 2.75) is 26.7 Å². The Morgan fingerprint density at radius 2 is 1.84 bits per heavy atom. The lowest BCUT2D eigenvalue weighted by atomic mass is 10.2. The van der Waals surface area contributed by atoms with E-state index in [1.807, 2.05) is 23.6 Å². The second kappa shape index (κ2) is 8.11. The molecule has 0 radical (unpaired) electrons. The molecule has 5 rings (SSSR count). The predicted molar refractivity (Wildman–Crippen MR) is 123 cm³/mol. The second-order valence-corrected chi connectivity index (χ2v) is 8.06. The smallest absolute Gasteiger partial charge is 0.160 e. The number of ether oxygens (including phenoxy) is 1. The van der Waals surface area contributed by atoms with Gasteiger partial charge in [0.2, 0.25) is 0 Å². The van der Waals surface area contributed by atoms with Crippen LogP contribution >= 0.6 is 0 Å². The van der Waals surface area contributed by atoms with Crippen molar-refractivity contribution in [3.05, 3.63) is 41.6 Å². The number of rotatable bonds is 6. The van der Waals surface area contributed by atoms with E-state index in [4.69, 9.17) is 24.8 Å². The van der Waals surface area contributed by atoms with E-state index in [1.165, 1.54) is 12.8 Å². The van der Waals surface area contributed by atoms with Crippen LogP contribution in [0.5, 0.6) is 0 Å². The van der Waals surface area contributed by atoms with Crippen LogP contribution in [-0.2, 0) is 4.74 Å². The van der Waals surface area contributed by atoms with Gasteiger partial charge in [0, 0.05) is 38.9 Å². The van der Waals surface area contributed by atoms with Crippen LogP contribution in [0.3, 0.4) is 0 Å². The molecule has 0 unspecified atom stereocenters. The van der Waals surface area contributed by atoms with E-state index in [1.54, 1.807) is 7.11 Å². The summed E-state index contributed by atoms with van der Waals surface area (Å²) in [4.78, 5) is 16.9. The lowest BCUT2D eigenvalue weighted by Crippen LogP contribution is -2.20. The molecule has 0 bridgehead atoms. The number of aromatic nitrogens is 5. The van der Waals surface area contributed by atoms with Crippen LogP contribution in [0.1, 0.15) is 24.1 Å². The lowest BCUT2D eigenvalue weighted by molar-refractivity contribution is 0.210. The van der Waals surface area contributed by atoms with Crippen molar-refractivity contribution < 1.29 is 4.74 Å². The van der Waals surface area contributed by atoms with Crippen molar-refractivity contribution in [2.24, 2.45) is 0 Å². The van der Waals surface area contributed by atoms with Gasteiger partial charge in [0.1, 0.15) is 23.0 Å². The summed E-state index contributed by atoms with van der Waals surface area (Å²) < 4.78 is 7.06. The Labute approximate surface area is 181 Å². The molecule has 160 valence electrons. The van der Waals surface area contributed by atoms with E-state index in [-0.39, 0.29) is 0 Å². The third-order valence-corrected chi connectivity index (χ3v) is 5.69. The number of fused-ring (bicyclic) bond motifs is 2. The largest absolute Gasteiger partial charge is 0.383 e. The minimum Gasteiger partial charge on any atom is -0.383 e. The van der Waals surface area contributed by atoms with Crippen LogP contribution in [0.15, 0.2) is 30.3 Å². The van der Waals surface area contributed by atoms with Gasteiger partial charge in [0.15, 0.2) is 5.65 Å². The highest BCUT2D eigenvalue weighted by Gasteiger charge is 2.19. The Morgan fingerprint density at radius 3 is 2.65 bits per heavy atom. The number of nitrogens with one attached hydrogen (secondary N) is 1. The summed E-state index contributed by atoms with van der Waals surface area (Å²) in [5.74, 6) is 1.88. The standard InChI is InChI=1S/C23H27N7O/c1-15-6-7-17-18(12-15)26-23(16(2)25-17)19-13-22-27-21(29-9-4-5-10-29)14-20(30(22)28-19)24-8-11-31-3/h6-7,12-14,24H,4-5,8-11H2,1-3H3. The van der Waals surface area contributed by atoms with Crippen molar-refractivity contribution in [1.29, 1.82) is 0 Å². The molecule has 0 saturated carbocycles. The molecule has 1 N–H and O–H groups in total. The summed E-state index contributed by atoms with van der Waals surface area (Å²) in [6.07, 6.45) is 2.41. The monoisotopic (exact) mass is 417 g/mol. The summed E-state index contributed by atoms with van der Waals surface area (Å²) >= 11 is 0. The molecule has 8 nitrogen and oxygen atoms in total. The molecule has 1 aliphatic rings. The Kier molecular flexibility index (Phi) is 5.15. The third kappa shape index (κ3) is 3.79. The molecule has 4 aromatic rings. The lowest BCUT2D eigenvalue weighted by Gasteiger charge is -2.18. The zero-order chi connectivity index (χ0) is 21.4. The molecule has 0 spiro atoms. The summed E-state index contributed by atoms with van der Waals surface area (Å²) in [7, 11) is 1.70. The maximum absolute atomic E-state index is 5.21. The Bertz CT molecular complexity index is 1240. The van der Waals surface area contributed by atoms with Gasteiger partial charge in [0.25, 0.3) is 0 Å². The maximum Gasteiger partial charge on any atom is 0.160 e. The van der Waals surface area contributed by atoms with Gasteiger partial charge < -0.3 is 15.0 Å². The Balaban J connectivity index is 1.62. The zero-order valence-corrected chi connectivity index (χ0v) is 18.2. The van der Waals surface area contributed by atoms with Crippen molar-refractivity contribution in [3.8, 4) is 11.4 Å². The molecule has 1 fully saturated rings. The van der Waals surface area contributed by atoms with Crippen LogP contribution < -0.4 is 10.2 Å². The number of benzene rings is 1. The highest BCUT2D eigenvalue weighted by Crippen LogP contribution is 2.27. The quantitative estimate of drug-likeness (QED) is 0.480. The molecule has 1 aromatic carbocycles. The minimum atomic E-state index is 0.617. The zero-order valence-electron chi connectivity index (χ0n) is 18.2. The van der Waals surface area contributed by atoms with Crippen LogP contribution in [0.2, 0.25) is 0 Å². The molecule has 1 saturated heterocycles. The minimum absolute atomic E-state index is 0.617. The number of hydrogen-bond acceptors (Lipinski definition) is 7. The SMILES string of the molecule is COCCNc1cc(N2CCCC2)nc2cc(-c3nc4cc(C)ccc4nc3C)nn12.